The molecule has 2 fully saturated rings. The van der Waals surface area contributed by atoms with Crippen molar-refractivity contribution in [2.75, 3.05) is 6.54 Å². The molecule has 0 radical (unpaired) electrons. The summed E-state index contributed by atoms with van der Waals surface area (Å²) in [6.07, 6.45) is 7.71. The number of aliphatic hydroxyl groups is 1. The van der Waals surface area contributed by atoms with Crippen LogP contribution in [0, 0.1) is 10.1 Å². The molecule has 1 aliphatic heterocycles. The van der Waals surface area contributed by atoms with Crippen LogP contribution in [0.25, 0.3) is 0 Å². The second-order valence-corrected chi connectivity index (χ2v) is 6.83. The summed E-state index contributed by atoms with van der Waals surface area (Å²) in [5.74, 6) is 0.590. The zero-order chi connectivity index (χ0) is 15.7. The third kappa shape index (κ3) is 2.77. The zero-order valence-electron chi connectivity index (χ0n) is 13.0. The highest BCUT2D eigenvalue weighted by Gasteiger charge is 2.55. The Morgan fingerprint density at radius 1 is 1.41 bits per heavy atom. The summed E-state index contributed by atoms with van der Waals surface area (Å²) in [6.45, 7) is 2.25. The Morgan fingerprint density at radius 2 is 2.14 bits per heavy atom. The number of hydrogen-bond donors (Lipinski definition) is 1. The van der Waals surface area contributed by atoms with E-state index in [4.69, 9.17) is 4.42 Å². The molecule has 0 unspecified atom stereocenters. The van der Waals surface area contributed by atoms with Crippen LogP contribution < -0.4 is 0 Å². The zero-order valence-corrected chi connectivity index (χ0v) is 13.0. The van der Waals surface area contributed by atoms with E-state index in [0.29, 0.717) is 24.8 Å². The monoisotopic (exact) mass is 308 g/mol. The van der Waals surface area contributed by atoms with E-state index in [1.54, 1.807) is 25.3 Å². The number of furan rings is 1. The maximum absolute atomic E-state index is 11.7. The van der Waals surface area contributed by atoms with E-state index in [-0.39, 0.29) is 4.92 Å². The third-order valence-corrected chi connectivity index (χ3v) is 5.28. The fourth-order valence-electron chi connectivity index (χ4n) is 4.11. The number of hydrogen-bond acceptors (Lipinski definition) is 5. The molecule has 0 aromatic carbocycles. The Balaban J connectivity index is 1.96. The topological polar surface area (TPSA) is 79.8 Å². The molecule has 2 heterocycles. The highest BCUT2D eigenvalue weighted by Crippen LogP contribution is 2.42. The second-order valence-electron chi connectivity index (χ2n) is 6.83. The minimum atomic E-state index is -1.31. The van der Waals surface area contributed by atoms with Crippen LogP contribution in [0.5, 0.6) is 0 Å². The summed E-state index contributed by atoms with van der Waals surface area (Å²) in [7, 11) is 0. The normalized spacial score (nSPS) is 34.6. The number of piperidine rings is 1. The fourth-order valence-corrected chi connectivity index (χ4v) is 4.11. The van der Waals surface area contributed by atoms with Gasteiger partial charge in [-0.1, -0.05) is 19.3 Å². The van der Waals surface area contributed by atoms with Crippen molar-refractivity contribution in [2.24, 2.45) is 0 Å². The molecule has 22 heavy (non-hydrogen) atoms. The molecule has 0 amide bonds. The molecule has 0 bridgehead atoms. The maximum atomic E-state index is 11.7. The predicted molar refractivity (Wildman–Crippen MR) is 81.1 cm³/mol. The van der Waals surface area contributed by atoms with Crippen molar-refractivity contribution in [2.45, 2.75) is 69.2 Å². The van der Waals surface area contributed by atoms with Gasteiger partial charge in [-0.05, 0) is 38.3 Å². The van der Waals surface area contributed by atoms with Crippen molar-refractivity contribution in [3.8, 4) is 0 Å². The summed E-state index contributed by atoms with van der Waals surface area (Å²) in [4.78, 5) is 13.6. The molecule has 1 aliphatic carbocycles. The Morgan fingerprint density at radius 3 is 2.73 bits per heavy atom. The van der Waals surface area contributed by atoms with Crippen molar-refractivity contribution in [1.82, 2.24) is 4.90 Å². The smallest absolute Gasteiger partial charge is 0.263 e. The van der Waals surface area contributed by atoms with E-state index >= 15 is 0 Å². The van der Waals surface area contributed by atoms with Gasteiger partial charge in [-0.25, -0.2) is 0 Å². The van der Waals surface area contributed by atoms with E-state index in [1.165, 1.54) is 19.3 Å². The van der Waals surface area contributed by atoms with Gasteiger partial charge in [-0.2, -0.15) is 0 Å². The Hall–Kier alpha value is -1.40. The SMILES string of the molecule is C[C@]1(O)CCN(C2CCCCC2)[C@H](c2ccco2)[C@H]1[N+](=O)[O-]. The lowest BCUT2D eigenvalue weighted by molar-refractivity contribution is -0.559. The molecule has 1 saturated carbocycles. The van der Waals surface area contributed by atoms with Gasteiger partial charge in [-0.3, -0.25) is 15.0 Å². The highest BCUT2D eigenvalue weighted by molar-refractivity contribution is 5.13. The first-order chi connectivity index (χ1) is 10.5. The summed E-state index contributed by atoms with van der Waals surface area (Å²) >= 11 is 0. The second kappa shape index (κ2) is 6.01. The lowest BCUT2D eigenvalue weighted by Crippen LogP contribution is -2.60. The van der Waals surface area contributed by atoms with Gasteiger partial charge in [0.2, 0.25) is 0 Å². The summed E-state index contributed by atoms with van der Waals surface area (Å²) < 4.78 is 5.51. The Kier molecular flexibility index (Phi) is 4.23. The molecule has 3 atom stereocenters. The Labute approximate surface area is 130 Å². The molecule has 122 valence electrons. The summed E-state index contributed by atoms with van der Waals surface area (Å²) in [5, 5.41) is 22.3. The van der Waals surface area contributed by atoms with Gasteiger partial charge in [-0.15, -0.1) is 0 Å². The average Bonchev–Trinajstić information content (AvgIpc) is 3.00. The van der Waals surface area contributed by atoms with Crippen molar-refractivity contribution < 1.29 is 14.4 Å². The van der Waals surface area contributed by atoms with Crippen molar-refractivity contribution in [1.29, 1.82) is 0 Å². The van der Waals surface area contributed by atoms with Crippen LogP contribution in [0.1, 0.15) is 57.3 Å². The van der Waals surface area contributed by atoms with Crippen LogP contribution in [0.4, 0.5) is 0 Å². The fraction of sp³-hybridized carbons (Fsp3) is 0.750. The largest absolute Gasteiger partial charge is 0.467 e. The standard InChI is InChI=1S/C16H24N2O4/c1-16(19)9-10-17(12-6-3-2-4-7-12)14(15(16)18(20)21)13-8-5-11-22-13/h5,8,11-12,14-15,19H,2-4,6-7,9-10H2,1H3/t14-,15-,16+/m1/s1. The molecule has 2 aliphatic rings. The van der Waals surface area contributed by atoms with Crippen LogP contribution in [-0.2, 0) is 0 Å². The van der Waals surface area contributed by atoms with E-state index in [0.717, 1.165) is 12.8 Å². The highest BCUT2D eigenvalue weighted by atomic mass is 16.6. The molecular weight excluding hydrogens is 284 g/mol. The average molecular weight is 308 g/mol. The van der Waals surface area contributed by atoms with E-state index in [2.05, 4.69) is 4.90 Å². The molecule has 1 N–H and O–H groups in total. The molecule has 0 spiro atoms. The quantitative estimate of drug-likeness (QED) is 0.686. The van der Waals surface area contributed by atoms with Crippen molar-refractivity contribution in [3.05, 3.63) is 34.3 Å². The predicted octanol–water partition coefficient (Wildman–Crippen LogP) is 2.76. The first-order valence-corrected chi connectivity index (χ1v) is 8.16. The summed E-state index contributed by atoms with van der Waals surface area (Å²) in [5.41, 5.74) is -1.31. The van der Waals surface area contributed by atoms with E-state index in [1.807, 2.05) is 0 Å². The molecule has 6 heteroatoms. The summed E-state index contributed by atoms with van der Waals surface area (Å²) in [6, 6.07) is 2.35. The molecule has 1 aromatic rings. The van der Waals surface area contributed by atoms with Gasteiger partial charge in [0.1, 0.15) is 17.4 Å². The molecule has 1 saturated heterocycles. The number of rotatable bonds is 3. The first-order valence-electron chi connectivity index (χ1n) is 8.16. The van der Waals surface area contributed by atoms with Crippen LogP contribution in [0.2, 0.25) is 0 Å². The minimum absolute atomic E-state index is 0.331. The van der Waals surface area contributed by atoms with Gasteiger partial charge >= 0.3 is 0 Å². The van der Waals surface area contributed by atoms with Crippen LogP contribution in [0.15, 0.2) is 22.8 Å². The van der Waals surface area contributed by atoms with E-state index in [9.17, 15) is 15.2 Å². The van der Waals surface area contributed by atoms with Crippen molar-refractivity contribution in [3.63, 3.8) is 0 Å². The maximum Gasteiger partial charge on any atom is 0.263 e. The molecular formula is C16H24N2O4. The van der Waals surface area contributed by atoms with Gasteiger partial charge in [0.05, 0.1) is 6.26 Å². The third-order valence-electron chi connectivity index (χ3n) is 5.28. The van der Waals surface area contributed by atoms with Gasteiger partial charge in [0.15, 0.2) is 0 Å². The first kappa shape index (κ1) is 15.5. The van der Waals surface area contributed by atoms with Gasteiger partial charge in [0.25, 0.3) is 6.04 Å². The van der Waals surface area contributed by atoms with Crippen LogP contribution in [-0.4, -0.2) is 39.2 Å². The molecule has 1 aromatic heterocycles. The molecule has 3 rings (SSSR count). The number of nitrogens with zero attached hydrogens (tertiary/aromatic N) is 2. The van der Waals surface area contributed by atoms with Crippen molar-refractivity contribution >= 4 is 0 Å². The number of nitro groups is 1. The number of likely N-dealkylation sites (tertiary alicyclic amines) is 1. The van der Waals surface area contributed by atoms with Crippen LogP contribution in [0.3, 0.4) is 0 Å². The van der Waals surface area contributed by atoms with Gasteiger partial charge in [0, 0.05) is 17.5 Å². The van der Waals surface area contributed by atoms with Crippen LogP contribution >= 0.6 is 0 Å². The lowest BCUT2D eigenvalue weighted by atomic mass is 9.79. The lowest BCUT2D eigenvalue weighted by Gasteiger charge is -2.47. The van der Waals surface area contributed by atoms with Gasteiger partial charge < -0.3 is 9.52 Å². The molecule has 6 nitrogen and oxygen atoms in total. The minimum Gasteiger partial charge on any atom is -0.467 e. The van der Waals surface area contributed by atoms with E-state index < -0.39 is 17.7 Å². The Bertz CT molecular complexity index is 508.